The van der Waals surface area contributed by atoms with Gasteiger partial charge in [-0.2, -0.15) is 0 Å². The molecule has 1 radical (unpaired) electrons. The maximum Gasteiger partial charge on any atom is 0.162 e. The molecule has 0 unspecified atom stereocenters. The van der Waals surface area contributed by atoms with Crippen molar-refractivity contribution in [2.45, 2.75) is 89.9 Å². The van der Waals surface area contributed by atoms with Crippen LogP contribution in [0.25, 0.3) is 33.3 Å². The Morgan fingerprint density at radius 1 is 0.686 bits per heavy atom. The van der Waals surface area contributed by atoms with E-state index in [0.717, 1.165) is 42.5 Å². The van der Waals surface area contributed by atoms with E-state index in [2.05, 4.69) is 91.0 Å². The van der Waals surface area contributed by atoms with Gasteiger partial charge >= 0.3 is 0 Å². The molecule has 4 heteroatoms. The number of carbonyl (C=O) groups is 1. The second-order valence-electron chi connectivity index (χ2n) is 15.4. The summed E-state index contributed by atoms with van der Waals surface area (Å²) in [5, 5.41) is 11.2. The molecule has 0 saturated heterocycles. The summed E-state index contributed by atoms with van der Waals surface area (Å²) in [6.45, 7) is 0. The quantitative estimate of drug-likeness (QED) is 0.109. The fourth-order valence-corrected chi connectivity index (χ4v) is 9.30. The van der Waals surface area contributed by atoms with Crippen molar-refractivity contribution in [3.63, 3.8) is 0 Å². The number of ketones is 1. The summed E-state index contributed by atoms with van der Waals surface area (Å²) >= 11 is 0. The van der Waals surface area contributed by atoms with E-state index < -0.39 is 0 Å². The van der Waals surface area contributed by atoms with E-state index >= 15 is 0 Å². The molecule has 4 aliphatic carbocycles. The van der Waals surface area contributed by atoms with Crippen LogP contribution in [0.15, 0.2) is 109 Å². The Kier molecular flexibility index (Phi) is 11.0. The number of aromatic nitrogens is 1. The van der Waals surface area contributed by atoms with Crippen molar-refractivity contribution in [2.24, 2.45) is 17.3 Å². The molecule has 2 saturated carbocycles. The number of allylic oxidation sites excluding steroid dienone is 2. The first-order chi connectivity index (χ1) is 24.5. The largest absolute Gasteiger partial charge is 0.512 e. The van der Waals surface area contributed by atoms with Crippen LogP contribution in [0.2, 0.25) is 0 Å². The second-order valence-corrected chi connectivity index (χ2v) is 15.4. The van der Waals surface area contributed by atoms with Crippen molar-refractivity contribution in [3.8, 4) is 22.4 Å². The van der Waals surface area contributed by atoms with Gasteiger partial charge in [0.2, 0.25) is 0 Å². The van der Waals surface area contributed by atoms with Crippen molar-refractivity contribution in [3.05, 3.63) is 137 Å². The second kappa shape index (κ2) is 15.8. The van der Waals surface area contributed by atoms with Crippen LogP contribution in [-0.4, -0.2) is 15.9 Å². The molecule has 0 atom stereocenters. The van der Waals surface area contributed by atoms with Crippen LogP contribution >= 0.6 is 0 Å². The Bertz CT molecular complexity index is 1990. The van der Waals surface area contributed by atoms with E-state index in [4.69, 9.17) is 4.98 Å². The topological polar surface area (TPSA) is 50.2 Å². The van der Waals surface area contributed by atoms with E-state index in [0.29, 0.717) is 11.2 Å². The fourth-order valence-electron chi connectivity index (χ4n) is 9.30. The third-order valence-corrected chi connectivity index (χ3v) is 11.9. The maximum atomic E-state index is 12.0. The standard InChI is InChI=1S/C32H24N.C15H24O2.Ir/c1-2-8-22(9-3-1)31-17-29(28-12-6-7-13-30(28)33-31)23-14-15-26-20-32(21-27(26)16-23)18-24-10-4-5-11-25(24)19-32;16-14(12-7-3-1-4-8-12)11-15(17)13-9-5-2-6-10-13;/h1-8,10-17H,18-21H2;11-13,16H,1-10H2;/q-1;;/b;14-11-;. The van der Waals surface area contributed by atoms with Crippen LogP contribution in [0.3, 0.4) is 0 Å². The molecule has 1 aromatic heterocycles. The van der Waals surface area contributed by atoms with Gasteiger partial charge in [-0.15, -0.1) is 35.9 Å². The summed E-state index contributed by atoms with van der Waals surface area (Å²) in [7, 11) is 0. The molecule has 51 heavy (non-hydrogen) atoms. The molecular formula is C47H48IrNO2-. The molecule has 2 fully saturated rings. The van der Waals surface area contributed by atoms with Gasteiger partial charge in [0.05, 0.1) is 11.3 Å². The first-order valence-corrected chi connectivity index (χ1v) is 19.0. The number of carbonyl (C=O) groups excluding carboxylic acids is 1. The molecule has 0 amide bonds. The Morgan fingerprint density at radius 2 is 1.29 bits per heavy atom. The predicted molar refractivity (Wildman–Crippen MR) is 204 cm³/mol. The van der Waals surface area contributed by atoms with Crippen LogP contribution < -0.4 is 0 Å². The molecule has 3 nitrogen and oxygen atoms in total. The zero-order chi connectivity index (χ0) is 33.9. The summed E-state index contributed by atoms with van der Waals surface area (Å²) < 4.78 is 0. The van der Waals surface area contributed by atoms with Crippen molar-refractivity contribution < 1.29 is 30.0 Å². The van der Waals surface area contributed by atoms with Crippen LogP contribution in [0.1, 0.15) is 86.5 Å². The number of rotatable bonds is 5. The zero-order valence-corrected chi connectivity index (χ0v) is 31.9. The number of nitrogens with zero attached hydrogens (tertiary/aromatic N) is 1. The van der Waals surface area contributed by atoms with Gasteiger partial charge in [0.25, 0.3) is 0 Å². The molecule has 1 spiro atoms. The molecule has 1 heterocycles. The van der Waals surface area contributed by atoms with Crippen LogP contribution in [0.4, 0.5) is 0 Å². The number of aliphatic hydroxyl groups is 1. The first-order valence-electron chi connectivity index (χ1n) is 19.0. The Labute approximate surface area is 317 Å². The number of fused-ring (bicyclic) bond motifs is 3. The minimum atomic E-state index is 0. The van der Waals surface area contributed by atoms with Crippen molar-refractivity contribution in [2.75, 3.05) is 0 Å². The Hall–Kier alpha value is -3.85. The van der Waals surface area contributed by atoms with Crippen molar-refractivity contribution in [1.82, 2.24) is 4.98 Å². The van der Waals surface area contributed by atoms with Crippen LogP contribution in [0, 0.1) is 23.3 Å². The molecule has 0 bridgehead atoms. The van der Waals surface area contributed by atoms with Gasteiger partial charge < -0.3 is 5.11 Å². The summed E-state index contributed by atoms with van der Waals surface area (Å²) in [5.41, 5.74) is 12.1. The molecular weight excluding hydrogens is 803 g/mol. The van der Waals surface area contributed by atoms with Gasteiger partial charge in [-0.1, -0.05) is 105 Å². The van der Waals surface area contributed by atoms with Gasteiger partial charge in [-0.25, -0.2) is 0 Å². The first kappa shape index (κ1) is 35.5. The third-order valence-electron chi connectivity index (χ3n) is 11.9. The molecule has 4 aliphatic rings. The number of para-hydroxylation sites is 1. The van der Waals surface area contributed by atoms with E-state index in [9.17, 15) is 9.90 Å². The maximum absolute atomic E-state index is 12.0. The number of aliphatic hydroxyl groups excluding tert-OH is 1. The minimum absolute atomic E-state index is 0. The van der Waals surface area contributed by atoms with E-state index in [-0.39, 0.29) is 37.7 Å². The van der Waals surface area contributed by atoms with Crippen LogP contribution in [-0.2, 0) is 50.6 Å². The van der Waals surface area contributed by atoms with Gasteiger partial charge in [-0.05, 0) is 102 Å². The molecule has 0 aliphatic heterocycles. The molecule has 263 valence electrons. The molecule has 5 aromatic rings. The van der Waals surface area contributed by atoms with Gasteiger partial charge in [0, 0.05) is 43.4 Å². The van der Waals surface area contributed by atoms with E-state index in [1.165, 1.54) is 91.8 Å². The molecule has 9 rings (SSSR count). The predicted octanol–water partition coefficient (Wildman–Crippen LogP) is 11.4. The number of pyridine rings is 1. The molecule has 4 aromatic carbocycles. The zero-order valence-electron chi connectivity index (χ0n) is 29.5. The summed E-state index contributed by atoms with van der Waals surface area (Å²) in [6, 6.07) is 38.4. The fraction of sp³-hybridized carbons (Fsp3) is 0.362. The third kappa shape index (κ3) is 7.83. The number of benzene rings is 4. The van der Waals surface area contributed by atoms with Crippen molar-refractivity contribution >= 4 is 16.7 Å². The van der Waals surface area contributed by atoms with Gasteiger partial charge in [0.15, 0.2) is 5.78 Å². The minimum Gasteiger partial charge on any atom is -0.512 e. The van der Waals surface area contributed by atoms with Gasteiger partial charge in [-0.3, -0.25) is 9.78 Å². The average molecular weight is 851 g/mol. The van der Waals surface area contributed by atoms with Crippen molar-refractivity contribution in [1.29, 1.82) is 0 Å². The summed E-state index contributed by atoms with van der Waals surface area (Å²) in [5.74, 6) is 0.985. The summed E-state index contributed by atoms with van der Waals surface area (Å²) in [6.07, 6.45) is 17.8. The van der Waals surface area contributed by atoms with Crippen LogP contribution in [0.5, 0.6) is 0 Å². The normalized spacial score (nSPS) is 18.4. The van der Waals surface area contributed by atoms with E-state index in [1.807, 2.05) is 12.1 Å². The average Bonchev–Trinajstić information content (AvgIpc) is 3.72. The monoisotopic (exact) mass is 851 g/mol. The Morgan fingerprint density at radius 3 is 1.98 bits per heavy atom. The smallest absolute Gasteiger partial charge is 0.162 e. The number of hydrogen-bond acceptors (Lipinski definition) is 3. The summed E-state index contributed by atoms with van der Waals surface area (Å²) in [4.78, 5) is 17.0. The SMILES string of the molecule is O=C(/C=C(\O)C1CCCCC1)C1CCCCC1.[Ir].[c-]1ccccc1-c1cc(-c2ccc3c(c2)CC2(Cc4ccccc4C2)C3)c2ccccc2n1. The van der Waals surface area contributed by atoms with Gasteiger partial charge in [0.1, 0.15) is 0 Å². The molecule has 1 N–H and O–H groups in total. The van der Waals surface area contributed by atoms with E-state index in [1.54, 1.807) is 17.2 Å². The number of hydrogen-bond donors (Lipinski definition) is 1. The Balaban J connectivity index is 0.000000192.